The highest BCUT2D eigenvalue weighted by Gasteiger charge is 2.27. The van der Waals surface area contributed by atoms with E-state index in [4.69, 9.17) is 41.6 Å². The summed E-state index contributed by atoms with van der Waals surface area (Å²) in [7, 11) is -2.88. The van der Waals surface area contributed by atoms with Gasteiger partial charge in [-0.1, -0.05) is 35.8 Å². The highest BCUT2D eigenvalue weighted by Crippen LogP contribution is 2.38. The molecule has 1 aliphatic rings. The number of hydrogen-bond acceptors (Lipinski definition) is 9. The molecule has 42 heavy (non-hydrogen) atoms. The number of alkyl halides is 2. The van der Waals surface area contributed by atoms with Gasteiger partial charge in [-0.05, 0) is 54.2 Å². The average Bonchev–Trinajstić information content (AvgIpc) is 3.78. The maximum Gasteiger partial charge on any atom is 0.387 e. The highest BCUT2D eigenvalue weighted by atomic mass is 35.5. The van der Waals surface area contributed by atoms with Crippen LogP contribution in [0.5, 0.6) is 23.0 Å². The standard InChI is InChI=1S/C28H25Cl2F2NO8S/c1-3-42(35,36)41-26-11-18(7-8-22(26)37-2)27(34)39-24(12-19-20(29)13-33-14-21(19)30)17-6-9-23(40-28(31)32)25(10-17)38-15-16-4-5-16/h3,6-11,13-14,16,24,28H,1,4-5,12,15H2,2H3. The lowest BCUT2D eigenvalue weighted by atomic mass is 10.0. The van der Waals surface area contributed by atoms with Crippen molar-refractivity contribution < 1.29 is 45.1 Å². The molecular formula is C28H25Cl2F2NO8S. The van der Waals surface area contributed by atoms with Gasteiger partial charge in [0.15, 0.2) is 23.0 Å². The summed E-state index contributed by atoms with van der Waals surface area (Å²) >= 11 is 12.7. The Kier molecular flexibility index (Phi) is 10.1. The van der Waals surface area contributed by atoms with Gasteiger partial charge in [-0.25, -0.2) is 4.79 Å². The molecular weight excluding hydrogens is 619 g/mol. The molecule has 224 valence electrons. The van der Waals surface area contributed by atoms with Crippen LogP contribution < -0.4 is 18.4 Å². The lowest BCUT2D eigenvalue weighted by Gasteiger charge is -2.22. The number of rotatable bonds is 14. The van der Waals surface area contributed by atoms with Crippen molar-refractivity contribution in [2.24, 2.45) is 5.92 Å². The average molecular weight is 644 g/mol. The van der Waals surface area contributed by atoms with Crippen LogP contribution in [0.4, 0.5) is 8.78 Å². The third-order valence-electron chi connectivity index (χ3n) is 6.13. The van der Waals surface area contributed by atoms with E-state index in [1.807, 2.05) is 0 Å². The van der Waals surface area contributed by atoms with Gasteiger partial charge in [0.2, 0.25) is 0 Å². The van der Waals surface area contributed by atoms with Gasteiger partial charge in [-0.15, -0.1) is 0 Å². The molecule has 1 aromatic heterocycles. The van der Waals surface area contributed by atoms with Crippen LogP contribution in [0.15, 0.2) is 60.8 Å². The molecule has 1 saturated carbocycles. The summed E-state index contributed by atoms with van der Waals surface area (Å²) < 4.78 is 76.4. The summed E-state index contributed by atoms with van der Waals surface area (Å²) in [5.41, 5.74) is 0.694. The summed E-state index contributed by atoms with van der Waals surface area (Å²) in [4.78, 5) is 17.3. The lowest BCUT2D eigenvalue weighted by Crippen LogP contribution is -2.16. The second kappa shape index (κ2) is 13.6. The Morgan fingerprint density at radius 1 is 1.07 bits per heavy atom. The third-order valence-corrected chi connectivity index (χ3v) is 7.60. The Bertz CT molecular complexity index is 1550. The largest absolute Gasteiger partial charge is 0.493 e. The molecule has 2 aromatic carbocycles. The second-order valence-corrected chi connectivity index (χ2v) is 11.4. The van der Waals surface area contributed by atoms with E-state index >= 15 is 0 Å². The molecule has 0 saturated heterocycles. The van der Waals surface area contributed by atoms with Crippen LogP contribution in [-0.4, -0.2) is 39.7 Å². The van der Waals surface area contributed by atoms with Gasteiger partial charge in [-0.3, -0.25) is 4.98 Å². The quantitative estimate of drug-likeness (QED) is 0.139. The van der Waals surface area contributed by atoms with Gasteiger partial charge in [-0.2, -0.15) is 17.2 Å². The predicted molar refractivity (Wildman–Crippen MR) is 150 cm³/mol. The highest BCUT2D eigenvalue weighted by molar-refractivity contribution is 7.90. The zero-order valence-electron chi connectivity index (χ0n) is 22.1. The van der Waals surface area contributed by atoms with Crippen LogP contribution in [-0.2, 0) is 21.3 Å². The van der Waals surface area contributed by atoms with Crippen LogP contribution in [0.1, 0.15) is 40.4 Å². The summed E-state index contributed by atoms with van der Waals surface area (Å²) in [6, 6.07) is 8.00. The normalized spacial score (nSPS) is 13.8. The topological polar surface area (TPSA) is 110 Å². The van der Waals surface area contributed by atoms with Crippen LogP contribution in [0.3, 0.4) is 0 Å². The molecule has 1 aliphatic carbocycles. The van der Waals surface area contributed by atoms with Gasteiger partial charge >= 0.3 is 22.7 Å². The number of hydrogen-bond donors (Lipinski definition) is 0. The van der Waals surface area contributed by atoms with Crippen LogP contribution in [0.2, 0.25) is 10.0 Å². The molecule has 1 fully saturated rings. The fourth-order valence-corrected chi connectivity index (χ4v) is 4.76. The zero-order chi connectivity index (χ0) is 30.4. The fraction of sp³-hybridized carbons (Fsp3) is 0.286. The number of pyridine rings is 1. The molecule has 9 nitrogen and oxygen atoms in total. The SMILES string of the molecule is C=CS(=O)(=O)Oc1cc(C(=O)OC(Cc2c(Cl)cncc2Cl)c2ccc(OC(F)F)c(OCC3CC3)c2)ccc1OC. The van der Waals surface area contributed by atoms with E-state index in [0.29, 0.717) is 29.1 Å². The lowest BCUT2D eigenvalue weighted by molar-refractivity contribution is -0.0515. The predicted octanol–water partition coefficient (Wildman–Crippen LogP) is 6.78. The molecule has 1 atom stereocenters. The molecule has 0 amide bonds. The Labute approximate surface area is 251 Å². The number of aromatic nitrogens is 1. The number of carbonyl (C=O) groups excluding carboxylic acids is 1. The number of carbonyl (C=O) groups is 1. The molecule has 1 unspecified atom stereocenters. The van der Waals surface area contributed by atoms with Gasteiger partial charge in [0, 0.05) is 24.9 Å². The van der Waals surface area contributed by atoms with E-state index < -0.39 is 28.8 Å². The molecule has 0 bridgehead atoms. The first kappa shape index (κ1) is 31.3. The summed E-state index contributed by atoms with van der Waals surface area (Å²) in [5.74, 6) is -0.934. The molecule has 4 rings (SSSR count). The molecule has 14 heteroatoms. The van der Waals surface area contributed by atoms with Gasteiger partial charge < -0.3 is 23.1 Å². The number of halogens is 4. The number of benzene rings is 2. The van der Waals surface area contributed by atoms with E-state index in [1.54, 1.807) is 0 Å². The second-order valence-electron chi connectivity index (χ2n) is 9.13. The first-order chi connectivity index (χ1) is 20.0. The Morgan fingerprint density at radius 2 is 1.76 bits per heavy atom. The van der Waals surface area contributed by atoms with Crippen molar-refractivity contribution in [3.63, 3.8) is 0 Å². The Morgan fingerprint density at radius 3 is 2.38 bits per heavy atom. The van der Waals surface area contributed by atoms with E-state index in [0.717, 1.165) is 18.9 Å². The van der Waals surface area contributed by atoms with Crippen LogP contribution in [0, 0.1) is 5.92 Å². The summed E-state index contributed by atoms with van der Waals surface area (Å²) in [6.07, 6.45) is 3.57. The zero-order valence-corrected chi connectivity index (χ0v) is 24.4. The first-order valence-electron chi connectivity index (χ1n) is 12.4. The van der Waals surface area contributed by atoms with E-state index in [9.17, 15) is 22.0 Å². The molecule has 0 N–H and O–H groups in total. The van der Waals surface area contributed by atoms with Gasteiger partial charge in [0.25, 0.3) is 0 Å². The molecule has 0 spiro atoms. The van der Waals surface area contributed by atoms with Crippen molar-refractivity contribution in [2.75, 3.05) is 13.7 Å². The molecule has 0 aliphatic heterocycles. The maximum atomic E-state index is 13.4. The monoisotopic (exact) mass is 643 g/mol. The van der Waals surface area contributed by atoms with Crippen LogP contribution in [0.25, 0.3) is 0 Å². The van der Waals surface area contributed by atoms with Crippen molar-refractivity contribution in [3.8, 4) is 23.0 Å². The minimum Gasteiger partial charge on any atom is -0.493 e. The molecule has 0 radical (unpaired) electrons. The summed E-state index contributed by atoms with van der Waals surface area (Å²) in [5, 5.41) is 1.02. The van der Waals surface area contributed by atoms with Crippen molar-refractivity contribution in [3.05, 3.63) is 87.5 Å². The van der Waals surface area contributed by atoms with E-state index in [-0.39, 0.29) is 45.0 Å². The van der Waals surface area contributed by atoms with Crippen molar-refractivity contribution >= 4 is 39.3 Å². The minimum atomic E-state index is -4.17. The fourth-order valence-electron chi connectivity index (χ4n) is 3.79. The van der Waals surface area contributed by atoms with Crippen molar-refractivity contribution in [2.45, 2.75) is 32.0 Å². The summed E-state index contributed by atoms with van der Waals surface area (Å²) in [6.45, 7) is 0.410. The van der Waals surface area contributed by atoms with Crippen molar-refractivity contribution in [1.29, 1.82) is 0 Å². The number of methoxy groups -OCH3 is 1. The Balaban J connectivity index is 1.70. The number of esters is 1. The Hall–Kier alpha value is -3.61. The van der Waals surface area contributed by atoms with Gasteiger partial charge in [0.1, 0.15) is 6.10 Å². The third kappa shape index (κ3) is 8.24. The molecule has 1 heterocycles. The smallest absolute Gasteiger partial charge is 0.387 e. The van der Waals surface area contributed by atoms with Crippen molar-refractivity contribution in [1.82, 2.24) is 4.98 Å². The molecule has 3 aromatic rings. The van der Waals surface area contributed by atoms with Gasteiger partial charge in [0.05, 0.1) is 34.7 Å². The van der Waals surface area contributed by atoms with E-state index in [1.165, 1.54) is 49.8 Å². The number of nitrogens with zero attached hydrogens (tertiary/aromatic N) is 1. The minimum absolute atomic E-state index is 0.0343. The maximum absolute atomic E-state index is 13.4. The van der Waals surface area contributed by atoms with E-state index in [2.05, 4.69) is 16.3 Å². The first-order valence-corrected chi connectivity index (χ1v) is 14.7. The number of ether oxygens (including phenoxy) is 4. The van der Waals surface area contributed by atoms with Crippen LogP contribution >= 0.6 is 23.2 Å².